The summed E-state index contributed by atoms with van der Waals surface area (Å²) in [5.41, 5.74) is 3.34. The molecule has 0 radical (unpaired) electrons. The largest absolute Gasteiger partial charge is 0.481 e. The summed E-state index contributed by atoms with van der Waals surface area (Å²) in [7, 11) is 0. The maximum atomic E-state index is 11.1. The Balaban J connectivity index is 1.38. The molecule has 3 aromatic rings. The van der Waals surface area contributed by atoms with Crippen molar-refractivity contribution in [3.63, 3.8) is 0 Å². The average Bonchev–Trinajstić information content (AvgIpc) is 3.23. The fraction of sp³-hybridized carbons (Fsp3) is 0.391. The van der Waals surface area contributed by atoms with Crippen LogP contribution in [-0.2, 0) is 24.1 Å². The van der Waals surface area contributed by atoms with Gasteiger partial charge in [0.25, 0.3) is 0 Å². The number of carbonyl (C=O) groups is 1. The number of benzene rings is 1. The first-order valence-corrected chi connectivity index (χ1v) is 10.5. The summed E-state index contributed by atoms with van der Waals surface area (Å²) in [6.45, 7) is 0.986. The van der Waals surface area contributed by atoms with Crippen molar-refractivity contribution in [2.24, 2.45) is 0 Å². The summed E-state index contributed by atoms with van der Waals surface area (Å²) in [5, 5.41) is 16.6. The third-order valence-corrected chi connectivity index (χ3v) is 5.42. The molecule has 1 atom stereocenters. The molecule has 0 fully saturated rings. The highest BCUT2D eigenvalue weighted by Gasteiger charge is 2.22. The zero-order valence-corrected chi connectivity index (χ0v) is 16.9. The molecule has 2 N–H and O–H groups in total. The molecule has 3 heterocycles. The van der Waals surface area contributed by atoms with Crippen LogP contribution >= 0.6 is 0 Å². The van der Waals surface area contributed by atoms with E-state index in [9.17, 15) is 4.79 Å². The van der Waals surface area contributed by atoms with E-state index in [1.807, 2.05) is 30.3 Å². The minimum atomic E-state index is -0.831. The number of nitrogens with zero attached hydrogens (tertiary/aromatic N) is 3. The standard InChI is InChI=1S/C23H26N4O3/c28-21(29)14-13-19(16-6-2-1-3-7-16)23-26-20(27-30-23)10-4-9-18-12-11-17-8-5-15-24-22(17)25-18/h1-3,6-7,11-12,19H,4-5,8-10,13-15H2,(H,24,25)(H,28,29). The van der Waals surface area contributed by atoms with E-state index in [2.05, 4.69) is 27.6 Å². The summed E-state index contributed by atoms with van der Waals surface area (Å²) >= 11 is 0. The highest BCUT2D eigenvalue weighted by Crippen LogP contribution is 2.28. The Kier molecular flexibility index (Phi) is 6.37. The van der Waals surface area contributed by atoms with Crippen molar-refractivity contribution < 1.29 is 14.4 Å². The maximum absolute atomic E-state index is 11.1. The number of hydrogen-bond acceptors (Lipinski definition) is 6. The predicted octanol–water partition coefficient (Wildman–Crippen LogP) is 3.99. The van der Waals surface area contributed by atoms with Gasteiger partial charge < -0.3 is 14.9 Å². The minimum Gasteiger partial charge on any atom is -0.481 e. The Morgan fingerprint density at radius 1 is 1.13 bits per heavy atom. The van der Waals surface area contributed by atoms with Crippen LogP contribution in [0, 0.1) is 0 Å². The van der Waals surface area contributed by atoms with Gasteiger partial charge in [-0.2, -0.15) is 4.98 Å². The lowest BCUT2D eigenvalue weighted by Gasteiger charge is -2.17. The number of anilines is 1. The lowest BCUT2D eigenvalue weighted by atomic mass is 9.94. The van der Waals surface area contributed by atoms with Crippen molar-refractivity contribution in [1.82, 2.24) is 15.1 Å². The lowest BCUT2D eigenvalue weighted by Crippen LogP contribution is -2.14. The van der Waals surface area contributed by atoms with Gasteiger partial charge in [0.1, 0.15) is 5.82 Å². The summed E-state index contributed by atoms with van der Waals surface area (Å²) in [6, 6.07) is 14.0. The first-order chi connectivity index (χ1) is 14.7. The van der Waals surface area contributed by atoms with E-state index in [0.29, 0.717) is 24.6 Å². The molecular weight excluding hydrogens is 380 g/mol. The lowest BCUT2D eigenvalue weighted by molar-refractivity contribution is -0.137. The number of fused-ring (bicyclic) bond motifs is 1. The summed E-state index contributed by atoms with van der Waals surface area (Å²) < 4.78 is 5.51. The average molecular weight is 406 g/mol. The molecule has 0 spiro atoms. The second-order valence-electron chi connectivity index (χ2n) is 7.64. The molecule has 1 unspecified atom stereocenters. The molecule has 0 saturated carbocycles. The number of carboxylic acid groups (broad SMARTS) is 1. The maximum Gasteiger partial charge on any atom is 0.303 e. The van der Waals surface area contributed by atoms with Crippen LogP contribution in [0.2, 0.25) is 0 Å². The molecule has 2 aromatic heterocycles. The highest BCUT2D eigenvalue weighted by molar-refractivity contribution is 5.66. The van der Waals surface area contributed by atoms with E-state index < -0.39 is 5.97 Å². The van der Waals surface area contributed by atoms with Gasteiger partial charge in [-0.15, -0.1) is 0 Å². The second kappa shape index (κ2) is 9.52. The van der Waals surface area contributed by atoms with Crippen molar-refractivity contribution >= 4 is 11.8 Å². The Bertz CT molecular complexity index is 987. The van der Waals surface area contributed by atoms with Gasteiger partial charge in [0.15, 0.2) is 5.82 Å². The Labute approximate surface area is 175 Å². The third kappa shape index (κ3) is 5.03. The molecule has 1 aromatic carbocycles. The quantitative estimate of drug-likeness (QED) is 0.554. The topological polar surface area (TPSA) is 101 Å². The molecule has 0 saturated heterocycles. The van der Waals surface area contributed by atoms with Gasteiger partial charge in [-0.3, -0.25) is 4.79 Å². The zero-order valence-electron chi connectivity index (χ0n) is 16.9. The molecule has 1 aliphatic heterocycles. The Morgan fingerprint density at radius 3 is 2.83 bits per heavy atom. The predicted molar refractivity (Wildman–Crippen MR) is 113 cm³/mol. The number of aliphatic carboxylic acids is 1. The molecule has 0 amide bonds. The van der Waals surface area contributed by atoms with Crippen LogP contribution in [0.3, 0.4) is 0 Å². The van der Waals surface area contributed by atoms with Crippen LogP contribution < -0.4 is 5.32 Å². The first-order valence-electron chi connectivity index (χ1n) is 10.5. The molecule has 7 heteroatoms. The number of carboxylic acids is 1. The molecule has 4 rings (SSSR count). The number of aromatic nitrogens is 3. The van der Waals surface area contributed by atoms with Gasteiger partial charge in [-0.05, 0) is 49.3 Å². The second-order valence-corrected chi connectivity index (χ2v) is 7.64. The smallest absolute Gasteiger partial charge is 0.303 e. The van der Waals surface area contributed by atoms with Crippen molar-refractivity contribution in [1.29, 1.82) is 0 Å². The highest BCUT2D eigenvalue weighted by atomic mass is 16.5. The molecule has 156 valence electrons. The summed E-state index contributed by atoms with van der Waals surface area (Å²) in [4.78, 5) is 20.4. The van der Waals surface area contributed by atoms with Crippen molar-refractivity contribution in [2.45, 2.75) is 50.9 Å². The van der Waals surface area contributed by atoms with E-state index in [0.717, 1.165) is 49.3 Å². The molecule has 0 aliphatic carbocycles. The fourth-order valence-corrected chi connectivity index (χ4v) is 3.83. The molecule has 0 bridgehead atoms. The van der Waals surface area contributed by atoms with Gasteiger partial charge in [0, 0.05) is 25.1 Å². The van der Waals surface area contributed by atoms with Crippen LogP contribution in [0.4, 0.5) is 5.82 Å². The number of rotatable bonds is 9. The minimum absolute atomic E-state index is 0.0509. The van der Waals surface area contributed by atoms with E-state index in [1.54, 1.807) is 0 Å². The van der Waals surface area contributed by atoms with E-state index in [4.69, 9.17) is 14.6 Å². The molecule has 30 heavy (non-hydrogen) atoms. The third-order valence-electron chi connectivity index (χ3n) is 5.42. The SMILES string of the molecule is O=C(O)CCC(c1ccccc1)c1nc(CCCc2ccc3c(n2)NCCC3)no1. The molecular formula is C23H26N4O3. The normalized spacial score (nSPS) is 14.0. The number of hydrogen-bond donors (Lipinski definition) is 2. The van der Waals surface area contributed by atoms with E-state index in [-0.39, 0.29) is 12.3 Å². The summed E-state index contributed by atoms with van der Waals surface area (Å²) in [6.07, 6.45) is 5.13. The van der Waals surface area contributed by atoms with Crippen LogP contribution in [0.5, 0.6) is 0 Å². The van der Waals surface area contributed by atoms with Gasteiger partial charge in [-0.25, -0.2) is 4.98 Å². The monoisotopic (exact) mass is 406 g/mol. The molecule has 7 nitrogen and oxygen atoms in total. The van der Waals surface area contributed by atoms with Crippen molar-refractivity contribution in [3.05, 3.63) is 71.0 Å². The zero-order chi connectivity index (χ0) is 20.8. The number of pyridine rings is 1. The Morgan fingerprint density at radius 2 is 2.00 bits per heavy atom. The van der Waals surface area contributed by atoms with Gasteiger partial charge in [0.2, 0.25) is 5.89 Å². The number of aryl methyl sites for hydroxylation is 3. The summed E-state index contributed by atoms with van der Waals surface area (Å²) in [5.74, 6) is 1.11. The van der Waals surface area contributed by atoms with Crippen LogP contribution in [0.1, 0.15) is 60.1 Å². The van der Waals surface area contributed by atoms with Crippen molar-refractivity contribution in [2.75, 3.05) is 11.9 Å². The van der Waals surface area contributed by atoms with Gasteiger partial charge >= 0.3 is 5.97 Å². The molecule has 1 aliphatic rings. The van der Waals surface area contributed by atoms with Gasteiger partial charge in [-0.1, -0.05) is 41.6 Å². The van der Waals surface area contributed by atoms with Gasteiger partial charge in [0.05, 0.1) is 5.92 Å². The Hall–Kier alpha value is -3.22. The van der Waals surface area contributed by atoms with Crippen molar-refractivity contribution in [3.8, 4) is 0 Å². The van der Waals surface area contributed by atoms with Crippen LogP contribution in [0.25, 0.3) is 0 Å². The fourth-order valence-electron chi connectivity index (χ4n) is 3.83. The van der Waals surface area contributed by atoms with E-state index >= 15 is 0 Å². The van der Waals surface area contributed by atoms with E-state index in [1.165, 1.54) is 5.56 Å². The van der Waals surface area contributed by atoms with Crippen LogP contribution in [-0.4, -0.2) is 32.7 Å². The number of nitrogens with one attached hydrogen (secondary N) is 1. The van der Waals surface area contributed by atoms with Crippen LogP contribution in [0.15, 0.2) is 47.0 Å². The first kappa shape index (κ1) is 20.1.